The van der Waals surface area contributed by atoms with Crippen LogP contribution in [0.1, 0.15) is 23.7 Å². The van der Waals surface area contributed by atoms with Crippen LogP contribution in [0.2, 0.25) is 0 Å². The number of ketones is 1. The Morgan fingerprint density at radius 2 is 1.89 bits per heavy atom. The number of hydrogen-bond donors (Lipinski definition) is 1. The smallest absolute Gasteiger partial charge is 0.187 e. The van der Waals surface area contributed by atoms with Gasteiger partial charge < -0.3 is 14.8 Å². The van der Waals surface area contributed by atoms with Gasteiger partial charge in [-0.1, -0.05) is 30.3 Å². The molecule has 0 radical (unpaired) electrons. The fourth-order valence-corrected chi connectivity index (χ4v) is 1.65. The van der Waals surface area contributed by atoms with Gasteiger partial charge in [0.1, 0.15) is 0 Å². The Bertz CT molecular complexity index is 411. The maximum absolute atomic E-state index is 11.9. The van der Waals surface area contributed by atoms with Crippen LogP contribution in [0.25, 0.3) is 0 Å². The number of carbonyl (C=O) groups excluding carboxylic acids is 1. The average molecular weight is 263 g/mol. The molecule has 0 spiro atoms. The van der Waals surface area contributed by atoms with Crippen molar-refractivity contribution in [2.45, 2.75) is 19.6 Å². The van der Waals surface area contributed by atoms with Crippen molar-refractivity contribution in [2.75, 3.05) is 20.8 Å². The van der Waals surface area contributed by atoms with E-state index < -0.39 is 0 Å². The molecule has 1 N–H and O–H groups in total. The van der Waals surface area contributed by atoms with E-state index in [2.05, 4.69) is 5.32 Å². The molecular weight excluding hydrogens is 242 g/mol. The summed E-state index contributed by atoms with van der Waals surface area (Å²) in [5.74, 6) is 0.000586. The minimum atomic E-state index is -0.217. The average Bonchev–Trinajstić information content (AvgIpc) is 2.44. The van der Waals surface area contributed by atoms with Crippen molar-refractivity contribution >= 4 is 5.78 Å². The zero-order chi connectivity index (χ0) is 14.1. The molecule has 104 valence electrons. The third-order valence-electron chi connectivity index (χ3n) is 2.72. The molecule has 0 aliphatic heterocycles. The lowest BCUT2D eigenvalue weighted by Crippen LogP contribution is -2.22. The van der Waals surface area contributed by atoms with E-state index in [-0.39, 0.29) is 12.1 Å². The van der Waals surface area contributed by atoms with Crippen LogP contribution in [0.5, 0.6) is 0 Å². The zero-order valence-electron chi connectivity index (χ0n) is 11.7. The quantitative estimate of drug-likeness (QED) is 0.444. The van der Waals surface area contributed by atoms with Gasteiger partial charge in [0.05, 0.1) is 0 Å². The molecule has 0 atom stereocenters. The summed E-state index contributed by atoms with van der Waals surface area (Å²) in [6.45, 7) is 2.56. The maximum atomic E-state index is 11.9. The van der Waals surface area contributed by atoms with Crippen molar-refractivity contribution in [3.63, 3.8) is 0 Å². The van der Waals surface area contributed by atoms with Crippen molar-refractivity contribution in [1.82, 2.24) is 5.32 Å². The number of ether oxygens (including phenoxy) is 2. The van der Waals surface area contributed by atoms with Gasteiger partial charge in [0.15, 0.2) is 12.1 Å². The lowest BCUT2D eigenvalue weighted by atomic mass is 10.1. The van der Waals surface area contributed by atoms with Crippen molar-refractivity contribution < 1.29 is 14.3 Å². The molecule has 0 bridgehead atoms. The van der Waals surface area contributed by atoms with Crippen LogP contribution < -0.4 is 5.32 Å². The molecule has 1 aromatic rings. The Hall–Kier alpha value is -1.65. The summed E-state index contributed by atoms with van der Waals surface area (Å²) >= 11 is 0. The van der Waals surface area contributed by atoms with E-state index in [1.54, 1.807) is 32.4 Å². The summed E-state index contributed by atoms with van der Waals surface area (Å²) in [7, 11) is 3.21. The van der Waals surface area contributed by atoms with Crippen LogP contribution in [0, 0.1) is 0 Å². The van der Waals surface area contributed by atoms with Gasteiger partial charge in [0.2, 0.25) is 0 Å². The van der Waals surface area contributed by atoms with Crippen LogP contribution >= 0.6 is 0 Å². The minimum Gasteiger partial charge on any atom is -0.388 e. The second kappa shape index (κ2) is 8.45. The summed E-state index contributed by atoms with van der Waals surface area (Å²) in [6.07, 6.45) is 2.10. The van der Waals surface area contributed by atoms with Crippen molar-refractivity contribution in [1.29, 1.82) is 0 Å². The van der Waals surface area contributed by atoms with Gasteiger partial charge in [-0.2, -0.15) is 0 Å². The third kappa shape index (κ3) is 5.68. The van der Waals surface area contributed by atoms with E-state index in [0.29, 0.717) is 12.1 Å². The highest BCUT2D eigenvalue weighted by Gasteiger charge is 2.05. The molecule has 4 heteroatoms. The molecule has 1 rings (SSSR count). The minimum absolute atomic E-state index is 0.000586. The van der Waals surface area contributed by atoms with Crippen molar-refractivity contribution in [3.05, 3.63) is 47.7 Å². The van der Waals surface area contributed by atoms with Crippen LogP contribution in [-0.2, 0) is 9.47 Å². The number of allylic oxidation sites excluding steroid dienone is 2. The predicted molar refractivity (Wildman–Crippen MR) is 75.0 cm³/mol. The van der Waals surface area contributed by atoms with E-state index in [1.807, 2.05) is 25.1 Å². The SMILES string of the molecule is COC(CCN/C(C)=C/C(=O)c1ccccc1)OC. The first-order chi connectivity index (χ1) is 9.17. The van der Waals surface area contributed by atoms with Gasteiger partial charge in [0.25, 0.3) is 0 Å². The fraction of sp³-hybridized carbons (Fsp3) is 0.400. The molecular formula is C15H21NO3. The molecule has 0 saturated heterocycles. The van der Waals surface area contributed by atoms with Gasteiger partial charge in [-0.15, -0.1) is 0 Å². The summed E-state index contributed by atoms with van der Waals surface area (Å²) in [5, 5.41) is 3.16. The Labute approximate surface area is 114 Å². The maximum Gasteiger partial charge on any atom is 0.187 e. The number of nitrogens with one attached hydrogen (secondary N) is 1. The lowest BCUT2D eigenvalue weighted by molar-refractivity contribution is -0.105. The summed E-state index contributed by atoms with van der Waals surface area (Å²) < 4.78 is 10.2. The third-order valence-corrected chi connectivity index (χ3v) is 2.72. The molecule has 0 aromatic heterocycles. The summed E-state index contributed by atoms with van der Waals surface area (Å²) in [6, 6.07) is 9.20. The van der Waals surface area contributed by atoms with Crippen LogP contribution in [0.15, 0.2) is 42.1 Å². The highest BCUT2D eigenvalue weighted by molar-refractivity contribution is 6.04. The number of hydrogen-bond acceptors (Lipinski definition) is 4. The Morgan fingerprint density at radius 3 is 2.47 bits per heavy atom. The lowest BCUT2D eigenvalue weighted by Gasteiger charge is -2.14. The van der Waals surface area contributed by atoms with Gasteiger partial charge >= 0.3 is 0 Å². The van der Waals surface area contributed by atoms with Crippen LogP contribution in [-0.4, -0.2) is 32.8 Å². The molecule has 0 fully saturated rings. The molecule has 0 aliphatic carbocycles. The largest absolute Gasteiger partial charge is 0.388 e. The Kier molecular flexibility index (Phi) is 6.85. The molecule has 0 heterocycles. The molecule has 4 nitrogen and oxygen atoms in total. The van der Waals surface area contributed by atoms with Crippen molar-refractivity contribution in [2.24, 2.45) is 0 Å². The molecule has 0 unspecified atom stereocenters. The summed E-state index contributed by atoms with van der Waals surface area (Å²) in [4.78, 5) is 11.9. The van der Waals surface area contributed by atoms with Gasteiger partial charge in [-0.05, 0) is 6.92 Å². The second-order valence-corrected chi connectivity index (χ2v) is 4.17. The molecule has 0 saturated carbocycles. The highest BCUT2D eigenvalue weighted by atomic mass is 16.7. The predicted octanol–water partition coefficient (Wildman–Crippen LogP) is 2.37. The number of rotatable bonds is 8. The number of benzene rings is 1. The molecule has 19 heavy (non-hydrogen) atoms. The van der Waals surface area contributed by atoms with Gasteiger partial charge in [-0.3, -0.25) is 4.79 Å². The number of carbonyl (C=O) groups is 1. The van der Waals surface area contributed by atoms with Crippen LogP contribution in [0.3, 0.4) is 0 Å². The fourth-order valence-electron chi connectivity index (χ4n) is 1.65. The van der Waals surface area contributed by atoms with E-state index >= 15 is 0 Å². The first-order valence-electron chi connectivity index (χ1n) is 6.24. The van der Waals surface area contributed by atoms with E-state index in [0.717, 1.165) is 12.1 Å². The molecule has 0 aliphatic rings. The highest BCUT2D eigenvalue weighted by Crippen LogP contribution is 2.03. The normalized spacial score (nSPS) is 11.7. The van der Waals surface area contributed by atoms with Crippen LogP contribution in [0.4, 0.5) is 0 Å². The van der Waals surface area contributed by atoms with E-state index in [1.165, 1.54) is 0 Å². The summed E-state index contributed by atoms with van der Waals surface area (Å²) in [5.41, 5.74) is 1.52. The topological polar surface area (TPSA) is 47.6 Å². The number of methoxy groups -OCH3 is 2. The van der Waals surface area contributed by atoms with E-state index in [9.17, 15) is 4.79 Å². The van der Waals surface area contributed by atoms with E-state index in [4.69, 9.17) is 9.47 Å². The van der Waals surface area contributed by atoms with Gasteiger partial charge in [-0.25, -0.2) is 0 Å². The van der Waals surface area contributed by atoms with Crippen molar-refractivity contribution in [3.8, 4) is 0 Å². The zero-order valence-corrected chi connectivity index (χ0v) is 11.7. The van der Waals surface area contributed by atoms with Gasteiger partial charge in [0, 0.05) is 44.5 Å². The Balaban J connectivity index is 2.43. The second-order valence-electron chi connectivity index (χ2n) is 4.17. The molecule has 1 aromatic carbocycles. The Morgan fingerprint density at radius 1 is 1.26 bits per heavy atom. The first-order valence-corrected chi connectivity index (χ1v) is 6.24. The molecule has 0 amide bonds. The first kappa shape index (κ1) is 15.4. The standard InChI is InChI=1S/C15H21NO3/c1-12(16-10-9-15(18-2)19-3)11-14(17)13-7-5-4-6-8-13/h4-8,11,15-16H,9-10H2,1-3H3/b12-11+. The monoisotopic (exact) mass is 263 g/mol.